The van der Waals surface area contributed by atoms with Crippen molar-refractivity contribution in [2.24, 2.45) is 0 Å². The molecule has 0 saturated heterocycles. The van der Waals surface area contributed by atoms with Crippen LogP contribution >= 0.6 is 0 Å². The van der Waals surface area contributed by atoms with Crippen molar-refractivity contribution < 1.29 is 4.39 Å². The second-order valence-electron chi connectivity index (χ2n) is 1.42. The zero-order chi connectivity index (χ0) is 7.86. The van der Waals surface area contributed by atoms with E-state index in [2.05, 4.69) is 19.7 Å². The number of rotatable bonds is 1. The van der Waals surface area contributed by atoms with Gasteiger partial charge in [0.1, 0.15) is 5.83 Å². The van der Waals surface area contributed by atoms with Crippen LogP contribution in [-0.2, 0) is 0 Å². The van der Waals surface area contributed by atoms with Gasteiger partial charge in [0.05, 0.1) is 0 Å². The first kappa shape index (κ1) is 11.0. The Morgan fingerprint density at radius 2 is 1.78 bits per heavy atom. The Balaban J connectivity index is 0. The van der Waals surface area contributed by atoms with Gasteiger partial charge in [0.2, 0.25) is 0 Å². The average Bonchev–Trinajstić information content (AvgIpc) is 1.91. The second-order valence-corrected chi connectivity index (χ2v) is 1.42. The molecule has 52 valence electrons. The van der Waals surface area contributed by atoms with Crippen molar-refractivity contribution in [3.63, 3.8) is 0 Å². The molecule has 0 heterocycles. The maximum absolute atomic E-state index is 12.0. The van der Waals surface area contributed by atoms with Crippen LogP contribution in [0.1, 0.15) is 13.8 Å². The minimum absolute atomic E-state index is 0.222. The monoisotopic (exact) mass is 128 g/mol. The van der Waals surface area contributed by atoms with Gasteiger partial charge in [-0.1, -0.05) is 12.7 Å². The smallest absolute Gasteiger partial charge is 0.121 e. The average molecular weight is 128 g/mol. The highest BCUT2D eigenvalue weighted by atomic mass is 19.1. The van der Waals surface area contributed by atoms with E-state index in [-0.39, 0.29) is 5.83 Å². The Hall–Kier alpha value is -0.850. The van der Waals surface area contributed by atoms with Crippen LogP contribution in [0.4, 0.5) is 4.39 Å². The van der Waals surface area contributed by atoms with Gasteiger partial charge in [-0.3, -0.25) is 0 Å². The highest BCUT2D eigenvalue weighted by Crippen LogP contribution is 2.05. The van der Waals surface area contributed by atoms with E-state index in [0.717, 1.165) is 0 Å². The topological polar surface area (TPSA) is 0 Å². The van der Waals surface area contributed by atoms with E-state index >= 15 is 0 Å². The minimum atomic E-state index is -0.222. The third-order valence-electron chi connectivity index (χ3n) is 0.661. The fourth-order valence-electron chi connectivity index (χ4n) is 0.246. The zero-order valence-corrected chi connectivity index (χ0v) is 6.08. The second kappa shape index (κ2) is 7.15. The molecule has 0 aliphatic heterocycles. The van der Waals surface area contributed by atoms with Gasteiger partial charge < -0.3 is 0 Å². The fourth-order valence-corrected chi connectivity index (χ4v) is 0.246. The highest BCUT2D eigenvalue weighted by molar-refractivity contribution is 5.17. The van der Waals surface area contributed by atoms with E-state index in [9.17, 15) is 4.39 Å². The summed E-state index contributed by atoms with van der Waals surface area (Å²) >= 11 is 0. The third-order valence-corrected chi connectivity index (χ3v) is 0.661. The first-order valence-corrected chi connectivity index (χ1v) is 2.66. The summed E-state index contributed by atoms with van der Waals surface area (Å²) in [7, 11) is 0. The van der Waals surface area contributed by atoms with Crippen molar-refractivity contribution in [1.82, 2.24) is 0 Å². The van der Waals surface area contributed by atoms with Crippen LogP contribution in [0.15, 0.2) is 37.2 Å². The van der Waals surface area contributed by atoms with E-state index < -0.39 is 0 Å². The van der Waals surface area contributed by atoms with Crippen molar-refractivity contribution >= 4 is 0 Å². The van der Waals surface area contributed by atoms with E-state index in [0.29, 0.717) is 5.57 Å². The van der Waals surface area contributed by atoms with Crippen molar-refractivity contribution in [3.05, 3.63) is 37.2 Å². The van der Waals surface area contributed by atoms with Crippen molar-refractivity contribution in [2.45, 2.75) is 13.8 Å². The Morgan fingerprint density at radius 3 is 1.78 bits per heavy atom. The van der Waals surface area contributed by atoms with Crippen LogP contribution in [0.2, 0.25) is 0 Å². The summed E-state index contributed by atoms with van der Waals surface area (Å²) in [4.78, 5) is 0. The molecule has 0 aliphatic carbocycles. The standard InChI is InChI=1S/C6H9F.C2H4/c1-4-6(7)5(2)3;1-2/h4H,2H2,1,3H3;1-2H2/b6-4+;. The summed E-state index contributed by atoms with van der Waals surface area (Å²) in [5.41, 5.74) is 0.488. The van der Waals surface area contributed by atoms with Crippen molar-refractivity contribution in [1.29, 1.82) is 0 Å². The van der Waals surface area contributed by atoms with E-state index in [1.54, 1.807) is 13.8 Å². The van der Waals surface area contributed by atoms with E-state index in [4.69, 9.17) is 0 Å². The molecule has 0 rings (SSSR count). The number of allylic oxidation sites excluding steroid dienone is 3. The lowest BCUT2D eigenvalue weighted by Crippen LogP contribution is -1.68. The molecular weight excluding hydrogens is 115 g/mol. The van der Waals surface area contributed by atoms with Gasteiger partial charge in [0.15, 0.2) is 0 Å². The zero-order valence-electron chi connectivity index (χ0n) is 6.08. The van der Waals surface area contributed by atoms with Crippen LogP contribution in [0.25, 0.3) is 0 Å². The molecule has 0 bridgehead atoms. The van der Waals surface area contributed by atoms with Crippen LogP contribution in [0.3, 0.4) is 0 Å². The Morgan fingerprint density at radius 1 is 1.44 bits per heavy atom. The lowest BCUT2D eigenvalue weighted by Gasteiger charge is -1.86. The van der Waals surface area contributed by atoms with Gasteiger partial charge in [-0.2, -0.15) is 0 Å². The molecular formula is C8H13F. The van der Waals surface area contributed by atoms with Gasteiger partial charge in [-0.25, -0.2) is 4.39 Å². The van der Waals surface area contributed by atoms with E-state index in [1.165, 1.54) is 6.08 Å². The fraction of sp³-hybridized carbons (Fsp3) is 0.250. The molecule has 0 aromatic rings. The summed E-state index contributed by atoms with van der Waals surface area (Å²) in [6.45, 7) is 12.7. The maximum atomic E-state index is 12.0. The summed E-state index contributed by atoms with van der Waals surface area (Å²) in [5, 5.41) is 0. The molecule has 0 aromatic carbocycles. The summed E-state index contributed by atoms with van der Waals surface area (Å²) in [6.07, 6.45) is 1.39. The molecule has 0 atom stereocenters. The Labute approximate surface area is 56.4 Å². The van der Waals surface area contributed by atoms with Gasteiger partial charge in [-0.05, 0) is 19.4 Å². The van der Waals surface area contributed by atoms with Crippen LogP contribution < -0.4 is 0 Å². The molecule has 0 saturated carbocycles. The lowest BCUT2D eigenvalue weighted by molar-refractivity contribution is 0.650. The Kier molecular flexibility index (Phi) is 8.75. The van der Waals surface area contributed by atoms with Gasteiger partial charge in [0.25, 0.3) is 0 Å². The van der Waals surface area contributed by atoms with E-state index in [1.807, 2.05) is 0 Å². The normalized spacial score (nSPS) is 9.44. The molecule has 1 heteroatoms. The minimum Gasteiger partial charge on any atom is -0.207 e. The molecule has 9 heavy (non-hydrogen) atoms. The summed E-state index contributed by atoms with van der Waals surface area (Å²) in [5.74, 6) is -0.222. The predicted molar refractivity (Wildman–Crippen MR) is 40.9 cm³/mol. The molecule has 0 amide bonds. The first-order chi connectivity index (χ1) is 4.18. The molecule has 0 N–H and O–H groups in total. The highest BCUT2D eigenvalue weighted by Gasteiger charge is 1.87. The summed E-state index contributed by atoms with van der Waals surface area (Å²) < 4.78 is 12.0. The van der Waals surface area contributed by atoms with Crippen LogP contribution in [0.5, 0.6) is 0 Å². The maximum Gasteiger partial charge on any atom is 0.121 e. The molecule has 0 radical (unpaired) electrons. The molecule has 0 aromatic heterocycles. The lowest BCUT2D eigenvalue weighted by atomic mass is 10.3. The quantitative estimate of drug-likeness (QED) is 0.375. The Bertz CT molecular complexity index is 112. The molecule has 0 aliphatic rings. The van der Waals surface area contributed by atoms with Crippen molar-refractivity contribution in [3.8, 4) is 0 Å². The van der Waals surface area contributed by atoms with Crippen LogP contribution in [-0.4, -0.2) is 0 Å². The van der Waals surface area contributed by atoms with Gasteiger partial charge in [-0.15, -0.1) is 13.2 Å². The predicted octanol–water partition coefficient (Wildman–Crippen LogP) is 3.24. The number of halogens is 1. The molecule has 0 nitrogen and oxygen atoms in total. The van der Waals surface area contributed by atoms with Gasteiger partial charge >= 0.3 is 0 Å². The number of hydrogen-bond acceptors (Lipinski definition) is 0. The number of hydrogen-bond donors (Lipinski definition) is 0. The third kappa shape index (κ3) is 7.15. The van der Waals surface area contributed by atoms with Crippen LogP contribution in [0, 0.1) is 0 Å². The largest absolute Gasteiger partial charge is 0.207 e. The molecule has 0 unspecified atom stereocenters. The first-order valence-electron chi connectivity index (χ1n) is 2.66. The SMILES string of the molecule is C=C.C=C(C)/C(F)=C\C. The van der Waals surface area contributed by atoms with Crippen molar-refractivity contribution in [2.75, 3.05) is 0 Å². The molecule has 0 fully saturated rings. The van der Waals surface area contributed by atoms with Gasteiger partial charge in [0, 0.05) is 0 Å². The molecule has 0 spiro atoms. The summed E-state index contributed by atoms with van der Waals surface area (Å²) in [6, 6.07) is 0.